The molecular formula is C13H29N3O2S. The maximum Gasteiger partial charge on any atom is 0.214 e. The second-order valence-electron chi connectivity index (χ2n) is 5.61. The van der Waals surface area contributed by atoms with Gasteiger partial charge in [0.05, 0.1) is 5.75 Å². The number of piperidine rings is 1. The molecule has 0 bridgehead atoms. The van der Waals surface area contributed by atoms with E-state index in [9.17, 15) is 8.42 Å². The summed E-state index contributed by atoms with van der Waals surface area (Å²) in [5.41, 5.74) is 0. The molecule has 1 heterocycles. The predicted molar refractivity (Wildman–Crippen MR) is 79.8 cm³/mol. The summed E-state index contributed by atoms with van der Waals surface area (Å²) >= 11 is 0. The van der Waals surface area contributed by atoms with Gasteiger partial charge in [0.15, 0.2) is 0 Å². The molecule has 0 aromatic heterocycles. The van der Waals surface area contributed by atoms with Crippen LogP contribution in [0, 0.1) is 5.92 Å². The summed E-state index contributed by atoms with van der Waals surface area (Å²) in [4.78, 5) is 2.47. The number of nitrogens with zero attached hydrogens (tertiary/aromatic N) is 2. The van der Waals surface area contributed by atoms with Crippen LogP contribution in [0.4, 0.5) is 0 Å². The average Bonchev–Trinajstić information content (AvgIpc) is 2.38. The molecule has 0 aromatic carbocycles. The minimum atomic E-state index is -3.07. The van der Waals surface area contributed by atoms with Crippen LogP contribution in [0.15, 0.2) is 0 Å². The van der Waals surface area contributed by atoms with Crippen molar-refractivity contribution in [2.24, 2.45) is 5.92 Å². The van der Waals surface area contributed by atoms with Gasteiger partial charge < -0.3 is 10.2 Å². The molecule has 1 unspecified atom stereocenters. The second kappa shape index (κ2) is 7.57. The van der Waals surface area contributed by atoms with Gasteiger partial charge in [0, 0.05) is 26.7 Å². The highest BCUT2D eigenvalue weighted by Gasteiger charge is 2.23. The van der Waals surface area contributed by atoms with E-state index < -0.39 is 10.0 Å². The van der Waals surface area contributed by atoms with Gasteiger partial charge in [-0.25, -0.2) is 12.7 Å². The van der Waals surface area contributed by atoms with E-state index in [0.29, 0.717) is 18.5 Å². The second-order valence-corrected chi connectivity index (χ2v) is 7.92. The van der Waals surface area contributed by atoms with E-state index in [-0.39, 0.29) is 5.75 Å². The molecule has 114 valence electrons. The first-order valence-electron chi connectivity index (χ1n) is 7.22. The predicted octanol–water partition coefficient (Wildman–Crippen LogP) is 0.588. The molecule has 0 aromatic rings. The molecule has 0 aliphatic carbocycles. The van der Waals surface area contributed by atoms with Gasteiger partial charge in [-0.3, -0.25) is 0 Å². The molecule has 0 saturated carbocycles. The van der Waals surface area contributed by atoms with Crippen LogP contribution < -0.4 is 5.32 Å². The standard InChI is InChI=1S/C13H29N3O2S/c1-5-16-9-6-13(7-10-16)12(2)14-8-11-19(17,18)15(3)4/h12-14H,5-11H2,1-4H3. The van der Waals surface area contributed by atoms with Crippen LogP contribution in [-0.2, 0) is 10.0 Å². The summed E-state index contributed by atoms with van der Waals surface area (Å²) < 4.78 is 24.6. The van der Waals surface area contributed by atoms with E-state index in [4.69, 9.17) is 0 Å². The summed E-state index contributed by atoms with van der Waals surface area (Å²) in [5.74, 6) is 0.850. The molecule has 19 heavy (non-hydrogen) atoms. The Labute approximate surface area is 118 Å². The Hall–Kier alpha value is -0.170. The summed E-state index contributed by atoms with van der Waals surface area (Å²) in [7, 11) is 0.0904. The maximum absolute atomic E-state index is 11.6. The third kappa shape index (κ3) is 5.38. The molecule has 1 saturated heterocycles. The summed E-state index contributed by atoms with van der Waals surface area (Å²) in [6, 6.07) is 0.399. The van der Waals surface area contributed by atoms with Crippen LogP contribution in [0.2, 0.25) is 0 Å². The highest BCUT2D eigenvalue weighted by atomic mass is 32.2. The Morgan fingerprint density at radius 2 is 1.89 bits per heavy atom. The molecule has 0 spiro atoms. The van der Waals surface area contributed by atoms with Crippen LogP contribution in [-0.4, -0.2) is 69.7 Å². The first-order chi connectivity index (χ1) is 8.86. The Kier molecular flexibility index (Phi) is 6.73. The average molecular weight is 291 g/mol. The van der Waals surface area contributed by atoms with E-state index in [1.807, 2.05) is 0 Å². The molecular weight excluding hydrogens is 262 g/mol. The molecule has 6 heteroatoms. The lowest BCUT2D eigenvalue weighted by atomic mass is 9.90. The normalized spacial score (nSPS) is 20.9. The smallest absolute Gasteiger partial charge is 0.214 e. The summed E-state index contributed by atoms with van der Waals surface area (Å²) in [6.07, 6.45) is 2.42. The van der Waals surface area contributed by atoms with Crippen molar-refractivity contribution in [3.63, 3.8) is 0 Å². The van der Waals surface area contributed by atoms with Crippen molar-refractivity contribution in [3.8, 4) is 0 Å². The number of rotatable bonds is 7. The highest BCUT2D eigenvalue weighted by Crippen LogP contribution is 2.20. The zero-order valence-corrected chi connectivity index (χ0v) is 13.5. The molecule has 1 fully saturated rings. The lowest BCUT2D eigenvalue weighted by Gasteiger charge is -2.34. The third-order valence-electron chi connectivity index (χ3n) is 4.17. The number of hydrogen-bond donors (Lipinski definition) is 1. The van der Waals surface area contributed by atoms with E-state index in [0.717, 1.165) is 6.54 Å². The van der Waals surface area contributed by atoms with Gasteiger partial charge in [-0.1, -0.05) is 6.92 Å². The molecule has 1 aliphatic rings. The SMILES string of the molecule is CCN1CCC(C(C)NCCS(=O)(=O)N(C)C)CC1. The fourth-order valence-electron chi connectivity index (χ4n) is 2.53. The molecule has 0 amide bonds. The van der Waals surface area contributed by atoms with Crippen molar-refractivity contribution in [3.05, 3.63) is 0 Å². The number of likely N-dealkylation sites (tertiary alicyclic amines) is 1. The molecule has 1 N–H and O–H groups in total. The molecule has 1 rings (SSSR count). The topological polar surface area (TPSA) is 52.7 Å². The Morgan fingerprint density at radius 3 is 2.37 bits per heavy atom. The zero-order valence-electron chi connectivity index (χ0n) is 12.7. The summed E-state index contributed by atoms with van der Waals surface area (Å²) in [5, 5.41) is 3.37. The van der Waals surface area contributed by atoms with Crippen molar-refractivity contribution in [2.75, 3.05) is 46.0 Å². The van der Waals surface area contributed by atoms with E-state index in [1.165, 1.54) is 30.2 Å². The number of nitrogens with one attached hydrogen (secondary N) is 1. The van der Waals surface area contributed by atoms with Crippen LogP contribution >= 0.6 is 0 Å². The lowest BCUT2D eigenvalue weighted by molar-refractivity contribution is 0.170. The van der Waals surface area contributed by atoms with E-state index in [1.54, 1.807) is 14.1 Å². The molecule has 0 radical (unpaired) electrons. The van der Waals surface area contributed by atoms with Crippen LogP contribution in [0.3, 0.4) is 0 Å². The van der Waals surface area contributed by atoms with Crippen LogP contribution in [0.1, 0.15) is 26.7 Å². The van der Waals surface area contributed by atoms with Crippen molar-refractivity contribution in [1.82, 2.24) is 14.5 Å². The third-order valence-corrected chi connectivity index (χ3v) is 6.00. The Morgan fingerprint density at radius 1 is 1.32 bits per heavy atom. The molecule has 5 nitrogen and oxygen atoms in total. The van der Waals surface area contributed by atoms with Crippen LogP contribution in [0.25, 0.3) is 0 Å². The van der Waals surface area contributed by atoms with Gasteiger partial charge in [0.25, 0.3) is 0 Å². The quantitative estimate of drug-likeness (QED) is 0.746. The largest absolute Gasteiger partial charge is 0.313 e. The first kappa shape index (κ1) is 16.9. The minimum absolute atomic E-state index is 0.179. The van der Waals surface area contributed by atoms with Gasteiger partial charge in [0.2, 0.25) is 10.0 Å². The van der Waals surface area contributed by atoms with Crippen molar-refractivity contribution < 1.29 is 8.42 Å². The van der Waals surface area contributed by atoms with Gasteiger partial charge in [-0.15, -0.1) is 0 Å². The number of hydrogen-bond acceptors (Lipinski definition) is 4. The number of sulfonamides is 1. The first-order valence-corrected chi connectivity index (χ1v) is 8.83. The van der Waals surface area contributed by atoms with Crippen LogP contribution in [0.5, 0.6) is 0 Å². The van der Waals surface area contributed by atoms with Gasteiger partial charge in [-0.05, 0) is 45.3 Å². The van der Waals surface area contributed by atoms with Gasteiger partial charge >= 0.3 is 0 Å². The molecule has 1 atom stereocenters. The zero-order chi connectivity index (χ0) is 14.5. The Bertz CT molecular complexity index is 349. The van der Waals surface area contributed by atoms with E-state index >= 15 is 0 Å². The Balaban J connectivity index is 2.27. The minimum Gasteiger partial charge on any atom is -0.313 e. The maximum atomic E-state index is 11.6. The van der Waals surface area contributed by atoms with E-state index in [2.05, 4.69) is 24.1 Å². The van der Waals surface area contributed by atoms with Crippen molar-refractivity contribution in [1.29, 1.82) is 0 Å². The molecule has 1 aliphatic heterocycles. The van der Waals surface area contributed by atoms with Gasteiger partial charge in [-0.2, -0.15) is 0 Å². The van der Waals surface area contributed by atoms with Crippen molar-refractivity contribution >= 4 is 10.0 Å². The fourth-order valence-corrected chi connectivity index (χ4v) is 3.27. The lowest BCUT2D eigenvalue weighted by Crippen LogP contribution is -2.43. The summed E-state index contributed by atoms with van der Waals surface area (Å²) in [6.45, 7) is 8.39. The van der Waals surface area contributed by atoms with Crippen molar-refractivity contribution in [2.45, 2.75) is 32.7 Å². The highest BCUT2D eigenvalue weighted by molar-refractivity contribution is 7.89. The fraction of sp³-hybridized carbons (Fsp3) is 1.00. The monoisotopic (exact) mass is 291 g/mol. The van der Waals surface area contributed by atoms with Gasteiger partial charge in [0.1, 0.15) is 0 Å².